The average molecular weight is 291 g/mol. The van der Waals surface area contributed by atoms with Crippen LogP contribution in [0, 0.1) is 6.92 Å². The Hall–Kier alpha value is -2.62. The standard InChI is InChI=1S/C18H17N3O/c1-12-8-10-15(11-9-12)20-21-16-13(2)19-17(18(16)22)14-6-4-3-5-7-14/h3-11,16-17H,1-2H3/b21-20+. The number of hydrogen-bond donors (Lipinski definition) is 0. The zero-order chi connectivity index (χ0) is 15.5. The first kappa shape index (κ1) is 14.3. The van der Waals surface area contributed by atoms with E-state index in [2.05, 4.69) is 15.2 Å². The smallest absolute Gasteiger partial charge is 0.193 e. The van der Waals surface area contributed by atoms with E-state index in [1.54, 1.807) is 0 Å². The number of aryl methyl sites for hydroxylation is 1. The molecule has 1 aliphatic rings. The number of rotatable bonds is 3. The van der Waals surface area contributed by atoms with Gasteiger partial charge >= 0.3 is 0 Å². The van der Waals surface area contributed by atoms with Crippen LogP contribution in [0.4, 0.5) is 5.69 Å². The van der Waals surface area contributed by atoms with Gasteiger partial charge in [0.2, 0.25) is 0 Å². The lowest BCUT2D eigenvalue weighted by molar-refractivity contribution is -0.119. The Kier molecular flexibility index (Phi) is 3.92. The van der Waals surface area contributed by atoms with E-state index < -0.39 is 12.1 Å². The number of carbonyl (C=O) groups excluding carboxylic acids is 1. The molecule has 0 aliphatic carbocycles. The van der Waals surface area contributed by atoms with Gasteiger partial charge in [-0.3, -0.25) is 9.79 Å². The summed E-state index contributed by atoms with van der Waals surface area (Å²) >= 11 is 0. The molecule has 2 atom stereocenters. The van der Waals surface area contributed by atoms with Crippen molar-refractivity contribution in [2.24, 2.45) is 15.2 Å². The summed E-state index contributed by atoms with van der Waals surface area (Å²) in [5, 5.41) is 8.39. The fourth-order valence-corrected chi connectivity index (χ4v) is 2.44. The predicted octanol–water partition coefficient (Wildman–Crippen LogP) is 4.23. The van der Waals surface area contributed by atoms with Crippen LogP contribution in [-0.4, -0.2) is 17.5 Å². The third-order valence-electron chi connectivity index (χ3n) is 3.71. The first-order chi connectivity index (χ1) is 10.6. The lowest BCUT2D eigenvalue weighted by atomic mass is 10.0. The summed E-state index contributed by atoms with van der Waals surface area (Å²) in [5.41, 5.74) is 3.53. The molecule has 2 unspecified atom stereocenters. The maximum atomic E-state index is 12.5. The number of benzene rings is 2. The second kappa shape index (κ2) is 6.02. The highest BCUT2D eigenvalue weighted by Gasteiger charge is 2.36. The molecule has 2 aromatic rings. The van der Waals surface area contributed by atoms with E-state index in [4.69, 9.17) is 0 Å². The Morgan fingerprint density at radius 2 is 1.64 bits per heavy atom. The summed E-state index contributed by atoms with van der Waals surface area (Å²) < 4.78 is 0. The van der Waals surface area contributed by atoms with E-state index in [0.29, 0.717) is 0 Å². The molecule has 0 saturated heterocycles. The molecule has 0 amide bonds. The van der Waals surface area contributed by atoms with Crippen LogP contribution >= 0.6 is 0 Å². The molecule has 0 spiro atoms. The maximum absolute atomic E-state index is 12.5. The first-order valence-electron chi connectivity index (χ1n) is 7.25. The molecule has 0 radical (unpaired) electrons. The summed E-state index contributed by atoms with van der Waals surface area (Å²) in [6, 6.07) is 16.3. The number of azo groups is 1. The minimum absolute atomic E-state index is 0.0143. The molecule has 0 N–H and O–H groups in total. The molecule has 1 aliphatic heterocycles. The van der Waals surface area contributed by atoms with Gasteiger partial charge in [-0.05, 0) is 31.5 Å². The Morgan fingerprint density at radius 1 is 0.955 bits per heavy atom. The SMILES string of the molecule is CC1=NC(c2ccccc2)C(=O)C1/N=N/c1ccc(C)cc1. The number of nitrogens with zero attached hydrogens (tertiary/aromatic N) is 3. The van der Waals surface area contributed by atoms with Crippen LogP contribution in [-0.2, 0) is 4.79 Å². The highest BCUT2D eigenvalue weighted by atomic mass is 16.1. The Balaban J connectivity index is 1.80. The van der Waals surface area contributed by atoms with Gasteiger partial charge in [0.15, 0.2) is 11.8 Å². The highest BCUT2D eigenvalue weighted by molar-refractivity contribution is 6.15. The van der Waals surface area contributed by atoms with Crippen molar-refractivity contribution in [3.05, 3.63) is 65.7 Å². The van der Waals surface area contributed by atoms with E-state index in [9.17, 15) is 4.79 Å². The Morgan fingerprint density at radius 3 is 2.32 bits per heavy atom. The van der Waals surface area contributed by atoms with Gasteiger partial charge in [0.1, 0.15) is 6.04 Å². The topological polar surface area (TPSA) is 54.1 Å². The largest absolute Gasteiger partial charge is 0.294 e. The average Bonchev–Trinajstić information content (AvgIpc) is 2.82. The summed E-state index contributed by atoms with van der Waals surface area (Å²) in [7, 11) is 0. The second-order valence-corrected chi connectivity index (χ2v) is 5.44. The van der Waals surface area contributed by atoms with Gasteiger partial charge in [0.05, 0.1) is 5.69 Å². The summed E-state index contributed by atoms with van der Waals surface area (Å²) in [6.45, 7) is 3.85. The van der Waals surface area contributed by atoms with Crippen molar-refractivity contribution in [2.75, 3.05) is 0 Å². The van der Waals surface area contributed by atoms with Gasteiger partial charge in [-0.1, -0.05) is 48.0 Å². The van der Waals surface area contributed by atoms with Crippen molar-refractivity contribution >= 4 is 17.2 Å². The van der Waals surface area contributed by atoms with Crippen molar-refractivity contribution in [3.8, 4) is 0 Å². The van der Waals surface area contributed by atoms with E-state index in [1.165, 1.54) is 0 Å². The van der Waals surface area contributed by atoms with Crippen molar-refractivity contribution < 1.29 is 4.79 Å². The molecule has 4 nitrogen and oxygen atoms in total. The molecule has 4 heteroatoms. The van der Waals surface area contributed by atoms with Crippen LogP contribution < -0.4 is 0 Å². The lowest BCUT2D eigenvalue weighted by Gasteiger charge is -2.06. The minimum Gasteiger partial charge on any atom is -0.294 e. The number of aliphatic imine (C=N–C) groups is 1. The Bertz CT molecular complexity index is 733. The van der Waals surface area contributed by atoms with E-state index in [0.717, 1.165) is 22.5 Å². The van der Waals surface area contributed by atoms with Gasteiger partial charge in [-0.2, -0.15) is 10.2 Å². The summed E-state index contributed by atoms with van der Waals surface area (Å²) in [4.78, 5) is 17.0. The monoisotopic (exact) mass is 291 g/mol. The zero-order valence-corrected chi connectivity index (χ0v) is 12.6. The van der Waals surface area contributed by atoms with Crippen molar-refractivity contribution in [1.29, 1.82) is 0 Å². The third-order valence-corrected chi connectivity index (χ3v) is 3.71. The Labute approximate surface area is 129 Å². The quantitative estimate of drug-likeness (QED) is 0.781. The molecule has 0 bridgehead atoms. The van der Waals surface area contributed by atoms with Gasteiger partial charge in [-0.25, -0.2) is 0 Å². The molecule has 0 saturated carbocycles. The second-order valence-electron chi connectivity index (χ2n) is 5.44. The fraction of sp³-hybridized carbons (Fsp3) is 0.222. The van der Waals surface area contributed by atoms with Gasteiger partial charge in [0, 0.05) is 5.71 Å². The lowest BCUT2D eigenvalue weighted by Crippen LogP contribution is -2.22. The third kappa shape index (κ3) is 2.86. The van der Waals surface area contributed by atoms with Crippen LogP contribution in [0.5, 0.6) is 0 Å². The van der Waals surface area contributed by atoms with Gasteiger partial charge in [0.25, 0.3) is 0 Å². The first-order valence-corrected chi connectivity index (χ1v) is 7.25. The molecule has 22 heavy (non-hydrogen) atoms. The summed E-state index contributed by atoms with van der Waals surface area (Å²) in [5.74, 6) is -0.0143. The van der Waals surface area contributed by atoms with Crippen LogP contribution in [0.25, 0.3) is 0 Å². The minimum atomic E-state index is -0.577. The van der Waals surface area contributed by atoms with Gasteiger partial charge in [-0.15, -0.1) is 0 Å². The van der Waals surface area contributed by atoms with Crippen molar-refractivity contribution in [1.82, 2.24) is 0 Å². The van der Waals surface area contributed by atoms with E-state index >= 15 is 0 Å². The molecule has 3 rings (SSSR count). The molecule has 0 aromatic heterocycles. The van der Waals surface area contributed by atoms with Crippen LogP contribution in [0.15, 0.2) is 69.8 Å². The predicted molar refractivity (Wildman–Crippen MR) is 86.8 cm³/mol. The zero-order valence-electron chi connectivity index (χ0n) is 12.6. The normalized spacial score (nSPS) is 21.4. The molecular weight excluding hydrogens is 274 g/mol. The maximum Gasteiger partial charge on any atom is 0.193 e. The van der Waals surface area contributed by atoms with Crippen molar-refractivity contribution in [2.45, 2.75) is 25.9 Å². The molecule has 0 fully saturated rings. The van der Waals surface area contributed by atoms with Crippen LogP contribution in [0.2, 0.25) is 0 Å². The van der Waals surface area contributed by atoms with Crippen LogP contribution in [0.3, 0.4) is 0 Å². The van der Waals surface area contributed by atoms with E-state index in [-0.39, 0.29) is 5.78 Å². The molecule has 110 valence electrons. The number of ketones is 1. The van der Waals surface area contributed by atoms with E-state index in [1.807, 2.05) is 68.4 Å². The summed E-state index contributed by atoms with van der Waals surface area (Å²) in [6.07, 6.45) is 0. The highest BCUT2D eigenvalue weighted by Crippen LogP contribution is 2.28. The molecule has 2 aromatic carbocycles. The number of Topliss-reactive ketones (excluding diaryl/α,β-unsaturated/α-hetero) is 1. The molecular formula is C18H17N3O. The van der Waals surface area contributed by atoms with Crippen molar-refractivity contribution in [3.63, 3.8) is 0 Å². The number of hydrogen-bond acceptors (Lipinski definition) is 4. The van der Waals surface area contributed by atoms with Gasteiger partial charge < -0.3 is 0 Å². The van der Waals surface area contributed by atoms with Crippen LogP contribution in [0.1, 0.15) is 24.1 Å². The molecule has 1 heterocycles. The fourth-order valence-electron chi connectivity index (χ4n) is 2.44. The number of carbonyl (C=O) groups is 1.